The van der Waals surface area contributed by atoms with E-state index in [4.69, 9.17) is 4.74 Å². The molecule has 0 aliphatic carbocycles. The molecule has 2 atom stereocenters. The molecule has 2 heterocycles. The molecule has 2 aliphatic heterocycles. The lowest BCUT2D eigenvalue weighted by Gasteiger charge is -2.37. The van der Waals surface area contributed by atoms with Gasteiger partial charge in [0.15, 0.2) is 0 Å². The van der Waals surface area contributed by atoms with Crippen LogP contribution in [0.1, 0.15) is 24.8 Å². The summed E-state index contributed by atoms with van der Waals surface area (Å²) >= 11 is 0. The van der Waals surface area contributed by atoms with Crippen molar-refractivity contribution in [2.75, 3.05) is 32.9 Å². The summed E-state index contributed by atoms with van der Waals surface area (Å²) in [6.45, 7) is 4.33. The van der Waals surface area contributed by atoms with E-state index in [0.717, 1.165) is 32.7 Å². The molecule has 4 nitrogen and oxygen atoms in total. The Hall–Kier alpha value is -0.940. The number of hydrogen-bond acceptors (Lipinski definition) is 4. The molecule has 0 aromatic heterocycles. The molecular formula is C18H28N2O2. The van der Waals surface area contributed by atoms with Crippen LogP contribution in [0.3, 0.4) is 0 Å². The molecule has 0 saturated carbocycles. The van der Waals surface area contributed by atoms with Gasteiger partial charge in [0.05, 0.1) is 13.2 Å². The van der Waals surface area contributed by atoms with Gasteiger partial charge in [-0.25, -0.2) is 0 Å². The van der Waals surface area contributed by atoms with Crippen LogP contribution in [-0.2, 0) is 11.2 Å². The smallest absolute Gasteiger partial charge is 0.0622 e. The van der Waals surface area contributed by atoms with Crippen LogP contribution in [0.4, 0.5) is 0 Å². The van der Waals surface area contributed by atoms with Crippen LogP contribution in [0.2, 0.25) is 0 Å². The van der Waals surface area contributed by atoms with Gasteiger partial charge >= 0.3 is 0 Å². The lowest BCUT2D eigenvalue weighted by atomic mass is 10.00. The molecule has 1 aromatic carbocycles. The second kappa shape index (κ2) is 8.06. The SMILES string of the molecule is OC[C@@H](Cc1ccccc1)NC1CCN(C2CCOC2)CC1. The molecule has 0 amide bonds. The van der Waals surface area contributed by atoms with Gasteiger partial charge in [0.1, 0.15) is 0 Å². The molecule has 2 aliphatic rings. The lowest BCUT2D eigenvalue weighted by molar-refractivity contribution is 0.111. The van der Waals surface area contributed by atoms with E-state index in [0.29, 0.717) is 12.1 Å². The summed E-state index contributed by atoms with van der Waals surface area (Å²) in [5.74, 6) is 0. The fourth-order valence-electron chi connectivity index (χ4n) is 3.65. The normalized spacial score (nSPS) is 25.4. The summed E-state index contributed by atoms with van der Waals surface area (Å²) in [6.07, 6.45) is 4.42. The molecule has 0 radical (unpaired) electrons. The van der Waals surface area contributed by atoms with Gasteiger partial charge in [-0.3, -0.25) is 4.90 Å². The van der Waals surface area contributed by atoms with Gasteiger partial charge in [0.2, 0.25) is 0 Å². The average Bonchev–Trinajstić information content (AvgIpc) is 3.10. The van der Waals surface area contributed by atoms with Gasteiger partial charge in [-0.1, -0.05) is 30.3 Å². The number of benzene rings is 1. The number of hydrogen-bond donors (Lipinski definition) is 2. The number of rotatable bonds is 6. The van der Waals surface area contributed by atoms with Crippen molar-refractivity contribution >= 4 is 0 Å². The van der Waals surface area contributed by atoms with E-state index in [9.17, 15) is 5.11 Å². The summed E-state index contributed by atoms with van der Waals surface area (Å²) in [5.41, 5.74) is 1.29. The average molecular weight is 304 g/mol. The Labute approximate surface area is 133 Å². The van der Waals surface area contributed by atoms with Crippen LogP contribution < -0.4 is 5.32 Å². The lowest BCUT2D eigenvalue weighted by Crippen LogP contribution is -2.50. The van der Waals surface area contributed by atoms with Crippen molar-refractivity contribution in [3.05, 3.63) is 35.9 Å². The molecule has 3 rings (SSSR count). The van der Waals surface area contributed by atoms with Crippen LogP contribution in [0, 0.1) is 0 Å². The summed E-state index contributed by atoms with van der Waals surface area (Å²) in [4.78, 5) is 2.58. The first-order valence-corrected chi connectivity index (χ1v) is 8.58. The minimum Gasteiger partial charge on any atom is -0.395 e. The van der Waals surface area contributed by atoms with Gasteiger partial charge in [-0.2, -0.15) is 0 Å². The number of aliphatic hydroxyl groups excluding tert-OH is 1. The van der Waals surface area contributed by atoms with E-state index in [2.05, 4.69) is 34.5 Å². The van der Waals surface area contributed by atoms with E-state index in [1.807, 2.05) is 6.07 Å². The predicted molar refractivity (Wildman–Crippen MR) is 88.0 cm³/mol. The van der Waals surface area contributed by atoms with Crippen molar-refractivity contribution in [2.24, 2.45) is 0 Å². The maximum Gasteiger partial charge on any atom is 0.0622 e. The predicted octanol–water partition coefficient (Wildman–Crippen LogP) is 1.43. The fourth-order valence-corrected chi connectivity index (χ4v) is 3.65. The first-order chi connectivity index (χ1) is 10.8. The Morgan fingerprint density at radius 2 is 1.95 bits per heavy atom. The molecule has 1 aromatic rings. The zero-order valence-corrected chi connectivity index (χ0v) is 13.3. The zero-order valence-electron chi connectivity index (χ0n) is 13.3. The zero-order chi connectivity index (χ0) is 15.2. The molecule has 22 heavy (non-hydrogen) atoms. The van der Waals surface area contributed by atoms with Crippen LogP contribution in [-0.4, -0.2) is 61.0 Å². The second-order valence-electron chi connectivity index (χ2n) is 6.56. The number of aliphatic hydroxyl groups is 1. The molecule has 4 heteroatoms. The number of ether oxygens (including phenoxy) is 1. The van der Waals surface area contributed by atoms with Crippen molar-refractivity contribution in [1.82, 2.24) is 10.2 Å². The monoisotopic (exact) mass is 304 g/mol. The third kappa shape index (κ3) is 4.29. The van der Waals surface area contributed by atoms with Gasteiger partial charge in [-0.05, 0) is 31.2 Å². The summed E-state index contributed by atoms with van der Waals surface area (Å²) in [5, 5.41) is 13.3. The Bertz CT molecular complexity index is 426. The molecule has 2 N–H and O–H groups in total. The Morgan fingerprint density at radius 1 is 1.18 bits per heavy atom. The van der Waals surface area contributed by atoms with E-state index in [1.54, 1.807) is 0 Å². The second-order valence-corrected chi connectivity index (χ2v) is 6.56. The summed E-state index contributed by atoms with van der Waals surface area (Å²) in [6, 6.07) is 11.7. The number of nitrogens with zero attached hydrogens (tertiary/aromatic N) is 1. The minimum absolute atomic E-state index is 0.161. The number of likely N-dealkylation sites (tertiary alicyclic amines) is 1. The Morgan fingerprint density at radius 3 is 2.59 bits per heavy atom. The van der Waals surface area contributed by atoms with Crippen LogP contribution >= 0.6 is 0 Å². The van der Waals surface area contributed by atoms with Crippen molar-refractivity contribution in [3.63, 3.8) is 0 Å². The van der Waals surface area contributed by atoms with Crippen molar-refractivity contribution in [1.29, 1.82) is 0 Å². The van der Waals surface area contributed by atoms with Gasteiger partial charge in [0.25, 0.3) is 0 Å². The van der Waals surface area contributed by atoms with E-state index in [-0.39, 0.29) is 12.6 Å². The third-order valence-corrected chi connectivity index (χ3v) is 4.97. The van der Waals surface area contributed by atoms with Gasteiger partial charge in [0, 0.05) is 37.8 Å². The van der Waals surface area contributed by atoms with Crippen molar-refractivity contribution < 1.29 is 9.84 Å². The highest BCUT2D eigenvalue weighted by Crippen LogP contribution is 2.19. The van der Waals surface area contributed by atoms with Gasteiger partial charge < -0.3 is 15.2 Å². The first kappa shape index (κ1) is 15.9. The minimum atomic E-state index is 0.161. The number of nitrogens with one attached hydrogen (secondary N) is 1. The molecule has 122 valence electrons. The molecule has 2 saturated heterocycles. The highest BCUT2D eigenvalue weighted by molar-refractivity contribution is 5.16. The summed E-state index contributed by atoms with van der Waals surface area (Å²) < 4.78 is 5.50. The maximum absolute atomic E-state index is 9.65. The quantitative estimate of drug-likeness (QED) is 0.835. The van der Waals surface area contributed by atoms with E-state index < -0.39 is 0 Å². The third-order valence-electron chi connectivity index (χ3n) is 4.97. The molecular weight excluding hydrogens is 276 g/mol. The maximum atomic E-state index is 9.65. The Balaban J connectivity index is 1.44. The summed E-state index contributed by atoms with van der Waals surface area (Å²) in [7, 11) is 0. The highest BCUT2D eigenvalue weighted by atomic mass is 16.5. The fraction of sp³-hybridized carbons (Fsp3) is 0.667. The van der Waals surface area contributed by atoms with Crippen molar-refractivity contribution in [2.45, 2.75) is 43.8 Å². The largest absolute Gasteiger partial charge is 0.395 e. The van der Waals surface area contributed by atoms with Gasteiger partial charge in [-0.15, -0.1) is 0 Å². The molecule has 2 fully saturated rings. The highest BCUT2D eigenvalue weighted by Gasteiger charge is 2.28. The molecule has 1 unspecified atom stereocenters. The topological polar surface area (TPSA) is 44.7 Å². The van der Waals surface area contributed by atoms with Crippen LogP contribution in [0.15, 0.2) is 30.3 Å². The standard InChI is InChI=1S/C18H28N2O2/c21-13-17(12-15-4-2-1-3-5-15)19-16-6-9-20(10-7-16)18-8-11-22-14-18/h1-5,16-19,21H,6-14H2/t17-,18?/m1/s1. The van der Waals surface area contributed by atoms with Crippen LogP contribution in [0.25, 0.3) is 0 Å². The first-order valence-electron chi connectivity index (χ1n) is 8.58. The van der Waals surface area contributed by atoms with Crippen molar-refractivity contribution in [3.8, 4) is 0 Å². The van der Waals surface area contributed by atoms with E-state index >= 15 is 0 Å². The number of piperidine rings is 1. The molecule has 0 spiro atoms. The Kier molecular flexibility index (Phi) is 5.84. The molecule has 0 bridgehead atoms. The van der Waals surface area contributed by atoms with E-state index in [1.165, 1.54) is 24.8 Å². The van der Waals surface area contributed by atoms with Crippen LogP contribution in [0.5, 0.6) is 0 Å².